The second kappa shape index (κ2) is 5.16. The number of aliphatic hydroxyl groups is 1. The van der Waals surface area contributed by atoms with Gasteiger partial charge in [0.15, 0.2) is 11.5 Å². The third-order valence-electron chi connectivity index (χ3n) is 3.16. The minimum absolute atomic E-state index is 0.127. The average molecular weight is 315 g/mol. The van der Waals surface area contributed by atoms with Crippen molar-refractivity contribution in [2.24, 2.45) is 0 Å². The lowest BCUT2D eigenvalue weighted by atomic mass is 10.1. The molecule has 3 rings (SSSR count). The van der Waals surface area contributed by atoms with Crippen molar-refractivity contribution in [2.45, 2.75) is 19.6 Å². The Bertz CT molecular complexity index is 657. The van der Waals surface area contributed by atoms with Gasteiger partial charge in [-0.15, -0.1) is 0 Å². The van der Waals surface area contributed by atoms with Crippen molar-refractivity contribution in [1.82, 2.24) is 9.78 Å². The highest BCUT2D eigenvalue weighted by molar-refractivity contribution is 6.32. The molecule has 7 heteroatoms. The summed E-state index contributed by atoms with van der Waals surface area (Å²) < 4.78 is 12.2. The molecule has 106 valence electrons. The van der Waals surface area contributed by atoms with Crippen LogP contribution in [0.2, 0.25) is 10.0 Å². The van der Waals surface area contributed by atoms with Crippen molar-refractivity contribution in [2.75, 3.05) is 6.79 Å². The Kier molecular flexibility index (Phi) is 3.50. The van der Waals surface area contributed by atoms with Crippen molar-refractivity contribution in [3.8, 4) is 11.5 Å². The summed E-state index contributed by atoms with van der Waals surface area (Å²) >= 11 is 12.2. The van der Waals surface area contributed by atoms with Crippen LogP contribution in [-0.4, -0.2) is 21.7 Å². The SMILES string of the molecule is CCn1ncc(Cl)c1C(O)c1cc(Cl)c2c(c1)OCO2. The van der Waals surface area contributed by atoms with E-state index in [0.29, 0.717) is 39.3 Å². The predicted molar refractivity (Wildman–Crippen MR) is 74.5 cm³/mol. The van der Waals surface area contributed by atoms with Gasteiger partial charge in [-0.05, 0) is 24.6 Å². The first-order valence-electron chi connectivity index (χ1n) is 6.10. The third kappa shape index (κ3) is 2.12. The van der Waals surface area contributed by atoms with Gasteiger partial charge in [0.1, 0.15) is 6.10 Å². The molecule has 1 atom stereocenters. The van der Waals surface area contributed by atoms with Crippen molar-refractivity contribution >= 4 is 23.2 Å². The van der Waals surface area contributed by atoms with Gasteiger partial charge in [-0.2, -0.15) is 5.10 Å². The maximum Gasteiger partial charge on any atom is 0.231 e. The second-order valence-corrected chi connectivity index (χ2v) is 5.15. The van der Waals surface area contributed by atoms with E-state index in [9.17, 15) is 5.11 Å². The number of aromatic nitrogens is 2. The van der Waals surface area contributed by atoms with E-state index in [2.05, 4.69) is 5.10 Å². The smallest absolute Gasteiger partial charge is 0.231 e. The molecule has 0 fully saturated rings. The molecule has 0 radical (unpaired) electrons. The zero-order valence-corrected chi connectivity index (χ0v) is 12.1. The number of aliphatic hydroxyl groups excluding tert-OH is 1. The number of ether oxygens (including phenoxy) is 2. The molecule has 1 N–H and O–H groups in total. The fourth-order valence-electron chi connectivity index (χ4n) is 2.20. The minimum atomic E-state index is -0.933. The molecule has 1 aromatic carbocycles. The van der Waals surface area contributed by atoms with Gasteiger partial charge in [-0.3, -0.25) is 4.68 Å². The molecule has 0 saturated carbocycles. The van der Waals surface area contributed by atoms with Gasteiger partial charge >= 0.3 is 0 Å². The van der Waals surface area contributed by atoms with Gasteiger partial charge in [0.2, 0.25) is 6.79 Å². The summed E-state index contributed by atoms with van der Waals surface area (Å²) in [6, 6.07) is 3.34. The van der Waals surface area contributed by atoms with Crippen LogP contribution in [0.25, 0.3) is 0 Å². The molecule has 2 aromatic rings. The van der Waals surface area contributed by atoms with E-state index >= 15 is 0 Å². The van der Waals surface area contributed by atoms with Gasteiger partial charge in [0, 0.05) is 6.54 Å². The molecule has 1 aliphatic heterocycles. The molecule has 0 aliphatic carbocycles. The zero-order valence-electron chi connectivity index (χ0n) is 10.6. The fourth-order valence-corrected chi connectivity index (χ4v) is 2.72. The molecule has 2 heterocycles. The minimum Gasteiger partial charge on any atom is -0.454 e. The summed E-state index contributed by atoms with van der Waals surface area (Å²) in [5.74, 6) is 1.02. The van der Waals surface area contributed by atoms with E-state index in [1.165, 1.54) is 6.20 Å². The van der Waals surface area contributed by atoms with Crippen molar-refractivity contribution in [1.29, 1.82) is 0 Å². The van der Waals surface area contributed by atoms with Crippen LogP contribution in [0.3, 0.4) is 0 Å². The first-order valence-corrected chi connectivity index (χ1v) is 6.85. The third-order valence-corrected chi connectivity index (χ3v) is 3.73. The molecule has 0 spiro atoms. The topological polar surface area (TPSA) is 56.5 Å². The Hall–Kier alpha value is -1.43. The lowest BCUT2D eigenvalue weighted by Crippen LogP contribution is -2.09. The van der Waals surface area contributed by atoms with E-state index in [1.54, 1.807) is 16.8 Å². The highest BCUT2D eigenvalue weighted by atomic mass is 35.5. The van der Waals surface area contributed by atoms with Crippen LogP contribution >= 0.6 is 23.2 Å². The summed E-state index contributed by atoms with van der Waals surface area (Å²) in [4.78, 5) is 0. The monoisotopic (exact) mass is 314 g/mol. The first-order chi connectivity index (χ1) is 9.61. The molecule has 1 aromatic heterocycles. The zero-order chi connectivity index (χ0) is 14.3. The van der Waals surface area contributed by atoms with Crippen molar-refractivity contribution < 1.29 is 14.6 Å². The summed E-state index contributed by atoms with van der Waals surface area (Å²) in [5.41, 5.74) is 1.11. The van der Waals surface area contributed by atoms with Gasteiger partial charge in [-0.1, -0.05) is 23.2 Å². The van der Waals surface area contributed by atoms with Gasteiger partial charge in [-0.25, -0.2) is 0 Å². The normalized spacial score (nSPS) is 14.6. The summed E-state index contributed by atoms with van der Waals surface area (Å²) in [5, 5.41) is 15.4. The van der Waals surface area contributed by atoms with E-state index in [1.807, 2.05) is 6.92 Å². The van der Waals surface area contributed by atoms with Crippen LogP contribution in [0, 0.1) is 0 Å². The maximum atomic E-state index is 10.5. The van der Waals surface area contributed by atoms with Crippen LogP contribution in [0.5, 0.6) is 11.5 Å². The predicted octanol–water partition coefficient (Wildman–Crippen LogP) is 3.02. The van der Waals surface area contributed by atoms with E-state index in [0.717, 1.165) is 0 Å². The molecule has 1 aliphatic rings. The second-order valence-electron chi connectivity index (χ2n) is 4.33. The number of fused-ring (bicyclic) bond motifs is 1. The number of halogens is 2. The van der Waals surface area contributed by atoms with Crippen LogP contribution in [0.15, 0.2) is 18.3 Å². The first kappa shape index (κ1) is 13.5. The van der Waals surface area contributed by atoms with Gasteiger partial charge < -0.3 is 14.6 Å². The highest BCUT2D eigenvalue weighted by Gasteiger charge is 2.24. The van der Waals surface area contributed by atoms with Gasteiger partial charge in [0.25, 0.3) is 0 Å². The number of hydrogen-bond donors (Lipinski definition) is 1. The van der Waals surface area contributed by atoms with Crippen molar-refractivity contribution in [3.63, 3.8) is 0 Å². The Balaban J connectivity index is 2.05. The molecule has 1 unspecified atom stereocenters. The Morgan fingerprint density at radius 1 is 1.35 bits per heavy atom. The van der Waals surface area contributed by atoms with E-state index in [4.69, 9.17) is 32.7 Å². The average Bonchev–Trinajstić information content (AvgIpc) is 3.04. The summed E-state index contributed by atoms with van der Waals surface area (Å²) in [7, 11) is 0. The molecule has 5 nitrogen and oxygen atoms in total. The standard InChI is InChI=1S/C13H12Cl2N2O3/c1-2-17-11(9(15)5-16-17)12(18)7-3-8(14)13-10(4-7)19-6-20-13/h3-5,12,18H,2,6H2,1H3. The van der Waals surface area contributed by atoms with E-state index in [-0.39, 0.29) is 6.79 Å². The summed E-state index contributed by atoms with van der Waals surface area (Å²) in [6.07, 6.45) is 0.579. The Morgan fingerprint density at radius 3 is 2.90 bits per heavy atom. The molecule has 20 heavy (non-hydrogen) atoms. The largest absolute Gasteiger partial charge is 0.454 e. The molecule has 0 amide bonds. The lowest BCUT2D eigenvalue weighted by molar-refractivity contribution is 0.173. The number of nitrogens with zero attached hydrogens (tertiary/aromatic N) is 2. The van der Waals surface area contributed by atoms with Crippen LogP contribution in [-0.2, 0) is 6.54 Å². The highest BCUT2D eigenvalue weighted by Crippen LogP contribution is 2.42. The quantitative estimate of drug-likeness (QED) is 0.946. The van der Waals surface area contributed by atoms with Crippen molar-refractivity contribution in [3.05, 3.63) is 39.6 Å². The Labute approximate surface area is 125 Å². The van der Waals surface area contributed by atoms with E-state index < -0.39 is 6.10 Å². The number of hydrogen-bond acceptors (Lipinski definition) is 4. The van der Waals surface area contributed by atoms with Crippen LogP contribution in [0.1, 0.15) is 24.3 Å². The molecule has 0 bridgehead atoms. The summed E-state index contributed by atoms with van der Waals surface area (Å²) in [6.45, 7) is 2.66. The molecular formula is C13H12Cl2N2O3. The number of aryl methyl sites for hydroxylation is 1. The fraction of sp³-hybridized carbons (Fsp3) is 0.308. The van der Waals surface area contributed by atoms with Crippen LogP contribution in [0.4, 0.5) is 0 Å². The lowest BCUT2D eigenvalue weighted by Gasteiger charge is -2.14. The Morgan fingerprint density at radius 2 is 2.15 bits per heavy atom. The van der Waals surface area contributed by atoms with Crippen LogP contribution < -0.4 is 9.47 Å². The maximum absolute atomic E-state index is 10.5. The molecule has 0 saturated heterocycles. The number of benzene rings is 1. The number of rotatable bonds is 3. The van der Waals surface area contributed by atoms with Gasteiger partial charge in [0.05, 0.1) is 21.9 Å². The molecular weight excluding hydrogens is 303 g/mol.